The number of rotatable bonds is 1. The first-order valence-electron chi connectivity index (χ1n) is 4.20. The predicted octanol–water partition coefficient (Wildman–Crippen LogP) is 2.72. The predicted molar refractivity (Wildman–Crippen MR) is 54.4 cm³/mol. The van der Waals surface area contributed by atoms with Crippen LogP contribution in [0, 0.1) is 0 Å². The lowest BCUT2D eigenvalue weighted by Crippen LogP contribution is -2.26. The molecule has 0 unspecified atom stereocenters. The summed E-state index contributed by atoms with van der Waals surface area (Å²) in [6.45, 7) is 1.14. The maximum Gasteiger partial charge on any atom is 0.117 e. The molecular weight excluding hydrogens is 236 g/mol. The van der Waals surface area contributed by atoms with Gasteiger partial charge in [0.2, 0.25) is 0 Å². The Kier molecular flexibility index (Phi) is 2.78. The number of halogens is 1. The average molecular weight is 247 g/mol. The molecule has 2 heterocycles. The number of hydrogen-bond donors (Lipinski definition) is 1. The van der Waals surface area contributed by atoms with Crippen molar-refractivity contribution in [1.82, 2.24) is 10.3 Å². The Morgan fingerprint density at radius 3 is 3.08 bits per heavy atom. The molecule has 1 atom stereocenters. The molecule has 1 fully saturated rings. The van der Waals surface area contributed by atoms with Crippen molar-refractivity contribution in [2.75, 3.05) is 6.54 Å². The van der Waals surface area contributed by atoms with Crippen molar-refractivity contribution in [3.8, 4) is 0 Å². The standard InChI is InChI=1S/C8H11BrN2S/c9-7-5-12-8(11-7)6-3-1-2-4-10-6/h5-6,10H,1-4H2/t6-/m0/s1. The van der Waals surface area contributed by atoms with E-state index >= 15 is 0 Å². The van der Waals surface area contributed by atoms with E-state index in [-0.39, 0.29) is 0 Å². The lowest BCUT2D eigenvalue weighted by Gasteiger charge is -2.20. The normalized spacial score (nSPS) is 24.2. The smallest absolute Gasteiger partial charge is 0.117 e. The summed E-state index contributed by atoms with van der Waals surface area (Å²) in [5.41, 5.74) is 0. The minimum Gasteiger partial charge on any atom is -0.308 e. The van der Waals surface area contributed by atoms with Crippen LogP contribution in [0.15, 0.2) is 9.98 Å². The Balaban J connectivity index is 2.08. The molecule has 2 rings (SSSR count). The van der Waals surface area contributed by atoms with Gasteiger partial charge in [0.25, 0.3) is 0 Å². The molecule has 1 aromatic rings. The number of piperidine rings is 1. The summed E-state index contributed by atoms with van der Waals surface area (Å²) in [5, 5.41) is 6.75. The second-order valence-electron chi connectivity index (χ2n) is 3.01. The number of nitrogens with zero attached hydrogens (tertiary/aromatic N) is 1. The van der Waals surface area contributed by atoms with E-state index in [4.69, 9.17) is 0 Å². The van der Waals surface area contributed by atoms with E-state index in [1.54, 1.807) is 11.3 Å². The topological polar surface area (TPSA) is 24.9 Å². The van der Waals surface area contributed by atoms with Crippen molar-refractivity contribution in [3.63, 3.8) is 0 Å². The van der Waals surface area contributed by atoms with Crippen LogP contribution < -0.4 is 5.32 Å². The van der Waals surface area contributed by atoms with Crippen LogP contribution in [0.1, 0.15) is 30.3 Å². The summed E-state index contributed by atoms with van der Waals surface area (Å²) < 4.78 is 0.967. The van der Waals surface area contributed by atoms with E-state index in [2.05, 4.69) is 26.2 Å². The van der Waals surface area contributed by atoms with Gasteiger partial charge in [0.15, 0.2) is 0 Å². The van der Waals surface area contributed by atoms with Crippen LogP contribution in [0.25, 0.3) is 0 Å². The minimum atomic E-state index is 0.509. The van der Waals surface area contributed by atoms with Gasteiger partial charge in [0, 0.05) is 5.38 Å². The maximum absolute atomic E-state index is 4.41. The van der Waals surface area contributed by atoms with Crippen LogP contribution in [0.3, 0.4) is 0 Å². The minimum absolute atomic E-state index is 0.509. The Morgan fingerprint density at radius 1 is 1.58 bits per heavy atom. The van der Waals surface area contributed by atoms with Crippen molar-refractivity contribution in [1.29, 1.82) is 0 Å². The zero-order chi connectivity index (χ0) is 8.39. The molecule has 1 N–H and O–H groups in total. The quantitative estimate of drug-likeness (QED) is 0.825. The fourth-order valence-electron chi connectivity index (χ4n) is 1.49. The van der Waals surface area contributed by atoms with Crippen LogP contribution in [0.5, 0.6) is 0 Å². The van der Waals surface area contributed by atoms with Crippen molar-refractivity contribution in [3.05, 3.63) is 15.0 Å². The van der Waals surface area contributed by atoms with Crippen LogP contribution in [0.2, 0.25) is 0 Å². The molecule has 1 aliphatic rings. The summed E-state index contributed by atoms with van der Waals surface area (Å²) in [6.07, 6.45) is 3.87. The SMILES string of the molecule is Brc1csc([C@@H]2CCCCN2)n1. The molecule has 0 spiro atoms. The van der Waals surface area contributed by atoms with Gasteiger partial charge >= 0.3 is 0 Å². The Hall–Kier alpha value is 0.0700. The van der Waals surface area contributed by atoms with E-state index in [1.807, 2.05) is 5.38 Å². The summed E-state index contributed by atoms with van der Waals surface area (Å²) >= 11 is 5.11. The number of hydrogen-bond acceptors (Lipinski definition) is 3. The Labute approximate surface area is 84.5 Å². The molecule has 1 aliphatic heterocycles. The highest BCUT2D eigenvalue weighted by Gasteiger charge is 2.17. The molecule has 1 aromatic heterocycles. The third kappa shape index (κ3) is 1.87. The summed E-state index contributed by atoms with van der Waals surface area (Å²) in [4.78, 5) is 4.41. The number of thiazole rings is 1. The zero-order valence-electron chi connectivity index (χ0n) is 6.72. The van der Waals surface area contributed by atoms with Gasteiger partial charge in [-0.2, -0.15) is 0 Å². The molecule has 0 aromatic carbocycles. The van der Waals surface area contributed by atoms with E-state index in [1.165, 1.54) is 24.3 Å². The van der Waals surface area contributed by atoms with E-state index in [0.717, 1.165) is 11.1 Å². The van der Waals surface area contributed by atoms with Gasteiger partial charge < -0.3 is 5.32 Å². The molecule has 0 aliphatic carbocycles. The number of nitrogens with one attached hydrogen (secondary N) is 1. The highest BCUT2D eigenvalue weighted by atomic mass is 79.9. The first kappa shape index (κ1) is 8.66. The summed E-state index contributed by atoms with van der Waals surface area (Å²) in [7, 11) is 0. The van der Waals surface area contributed by atoms with Gasteiger partial charge in [0.05, 0.1) is 6.04 Å². The van der Waals surface area contributed by atoms with Crippen LogP contribution >= 0.6 is 27.3 Å². The van der Waals surface area contributed by atoms with E-state index < -0.39 is 0 Å². The van der Waals surface area contributed by atoms with Crippen molar-refractivity contribution in [2.24, 2.45) is 0 Å². The molecule has 0 bridgehead atoms. The van der Waals surface area contributed by atoms with Gasteiger partial charge in [-0.05, 0) is 35.3 Å². The second kappa shape index (κ2) is 3.85. The number of aromatic nitrogens is 1. The first-order valence-corrected chi connectivity index (χ1v) is 5.88. The molecule has 66 valence electrons. The van der Waals surface area contributed by atoms with Crippen molar-refractivity contribution >= 4 is 27.3 Å². The van der Waals surface area contributed by atoms with Crippen molar-refractivity contribution in [2.45, 2.75) is 25.3 Å². The van der Waals surface area contributed by atoms with Crippen molar-refractivity contribution < 1.29 is 0 Å². The third-order valence-electron chi connectivity index (χ3n) is 2.10. The lowest BCUT2D eigenvalue weighted by molar-refractivity contribution is 0.411. The lowest BCUT2D eigenvalue weighted by atomic mass is 10.1. The molecule has 0 amide bonds. The molecule has 4 heteroatoms. The van der Waals surface area contributed by atoms with Gasteiger partial charge in [0.1, 0.15) is 9.61 Å². The fraction of sp³-hybridized carbons (Fsp3) is 0.625. The zero-order valence-corrected chi connectivity index (χ0v) is 9.12. The third-order valence-corrected chi connectivity index (χ3v) is 3.77. The average Bonchev–Trinajstić information content (AvgIpc) is 2.54. The van der Waals surface area contributed by atoms with Crippen LogP contribution in [0.4, 0.5) is 0 Å². The second-order valence-corrected chi connectivity index (χ2v) is 4.71. The molecule has 0 radical (unpaired) electrons. The van der Waals surface area contributed by atoms with E-state index in [0.29, 0.717) is 6.04 Å². The van der Waals surface area contributed by atoms with Gasteiger partial charge in [-0.15, -0.1) is 11.3 Å². The molecular formula is C8H11BrN2S. The van der Waals surface area contributed by atoms with Crippen LogP contribution in [-0.2, 0) is 0 Å². The van der Waals surface area contributed by atoms with Gasteiger partial charge in [-0.1, -0.05) is 6.42 Å². The Morgan fingerprint density at radius 2 is 2.50 bits per heavy atom. The highest BCUT2D eigenvalue weighted by molar-refractivity contribution is 9.10. The molecule has 2 nitrogen and oxygen atoms in total. The summed E-state index contributed by atoms with van der Waals surface area (Å²) in [5.74, 6) is 0. The highest BCUT2D eigenvalue weighted by Crippen LogP contribution is 2.26. The maximum atomic E-state index is 4.41. The van der Waals surface area contributed by atoms with Crippen LogP contribution in [-0.4, -0.2) is 11.5 Å². The first-order chi connectivity index (χ1) is 5.86. The largest absolute Gasteiger partial charge is 0.308 e. The van der Waals surface area contributed by atoms with Gasteiger partial charge in [-0.3, -0.25) is 0 Å². The van der Waals surface area contributed by atoms with Gasteiger partial charge in [-0.25, -0.2) is 4.98 Å². The molecule has 1 saturated heterocycles. The molecule has 12 heavy (non-hydrogen) atoms. The Bertz CT molecular complexity index is 255. The summed E-state index contributed by atoms with van der Waals surface area (Å²) in [6, 6.07) is 0.509. The monoisotopic (exact) mass is 246 g/mol. The molecule has 0 saturated carbocycles. The fourth-order valence-corrected chi connectivity index (χ4v) is 2.87. The van der Waals surface area contributed by atoms with E-state index in [9.17, 15) is 0 Å².